The summed E-state index contributed by atoms with van der Waals surface area (Å²) in [6.07, 6.45) is 2.69. The van der Waals surface area contributed by atoms with Gasteiger partial charge in [0.2, 0.25) is 0 Å². The van der Waals surface area contributed by atoms with Gasteiger partial charge < -0.3 is 15.2 Å². The summed E-state index contributed by atoms with van der Waals surface area (Å²) in [6, 6.07) is 0. The second-order valence-electron chi connectivity index (χ2n) is 4.77. The first kappa shape index (κ1) is 13.5. The largest absolute Gasteiger partial charge is 0.465 e. The molecule has 4 heteroatoms. The number of hydrogen-bond donors (Lipinski definition) is 1. The first-order valence-corrected chi connectivity index (χ1v) is 6.07. The molecule has 4 nitrogen and oxygen atoms in total. The minimum Gasteiger partial charge on any atom is -0.465 e. The molecule has 0 aromatic heterocycles. The number of rotatable bonds is 5. The molecule has 16 heavy (non-hydrogen) atoms. The number of hydrogen-bond acceptors (Lipinski definition) is 4. The van der Waals surface area contributed by atoms with Crippen molar-refractivity contribution in [3.8, 4) is 0 Å². The molecule has 1 aliphatic heterocycles. The molecule has 1 heterocycles. The number of carbonyl (C=O) groups is 1. The Morgan fingerprint density at radius 2 is 2.12 bits per heavy atom. The van der Waals surface area contributed by atoms with Crippen LogP contribution in [0.2, 0.25) is 0 Å². The maximum absolute atomic E-state index is 11.8. The van der Waals surface area contributed by atoms with Crippen LogP contribution in [0.1, 0.15) is 33.1 Å². The van der Waals surface area contributed by atoms with Gasteiger partial charge in [0.1, 0.15) is 0 Å². The fourth-order valence-electron chi connectivity index (χ4n) is 1.65. The van der Waals surface area contributed by atoms with Crippen LogP contribution >= 0.6 is 0 Å². The average molecular weight is 229 g/mol. The lowest BCUT2D eigenvalue weighted by Crippen LogP contribution is -2.37. The van der Waals surface area contributed by atoms with Crippen LogP contribution in [0.25, 0.3) is 0 Å². The van der Waals surface area contributed by atoms with E-state index in [0.717, 1.165) is 32.5 Å². The Morgan fingerprint density at radius 1 is 1.50 bits per heavy atom. The molecule has 2 N–H and O–H groups in total. The van der Waals surface area contributed by atoms with Gasteiger partial charge in [0.15, 0.2) is 0 Å². The Bertz CT molecular complexity index is 220. The molecule has 1 saturated heterocycles. The molecular formula is C12H23NO3. The van der Waals surface area contributed by atoms with Gasteiger partial charge in [-0.05, 0) is 32.1 Å². The molecule has 0 amide bonds. The topological polar surface area (TPSA) is 61.6 Å². The van der Waals surface area contributed by atoms with Crippen LogP contribution in [0.15, 0.2) is 0 Å². The summed E-state index contributed by atoms with van der Waals surface area (Å²) in [7, 11) is 0. The Balaban J connectivity index is 2.33. The van der Waals surface area contributed by atoms with Crippen molar-refractivity contribution >= 4 is 5.97 Å². The van der Waals surface area contributed by atoms with Crippen molar-refractivity contribution in [1.29, 1.82) is 0 Å². The smallest absolute Gasteiger partial charge is 0.313 e. The third kappa shape index (κ3) is 3.46. The predicted octanol–water partition coefficient (Wildman–Crippen LogP) is 1.33. The molecule has 0 saturated carbocycles. The molecule has 1 rings (SSSR count). The maximum atomic E-state index is 11.8. The summed E-state index contributed by atoms with van der Waals surface area (Å²) in [4.78, 5) is 11.8. The zero-order valence-electron chi connectivity index (χ0n) is 10.3. The van der Waals surface area contributed by atoms with Gasteiger partial charge >= 0.3 is 5.97 Å². The number of carbonyl (C=O) groups excluding carboxylic acids is 1. The fraction of sp³-hybridized carbons (Fsp3) is 0.917. The van der Waals surface area contributed by atoms with E-state index < -0.39 is 5.41 Å². The van der Waals surface area contributed by atoms with Gasteiger partial charge in [0.25, 0.3) is 0 Å². The molecule has 0 bridgehead atoms. The highest BCUT2D eigenvalue weighted by Gasteiger charge is 2.32. The van der Waals surface area contributed by atoms with Crippen LogP contribution in [-0.4, -0.2) is 32.3 Å². The monoisotopic (exact) mass is 229 g/mol. The predicted molar refractivity (Wildman–Crippen MR) is 62.0 cm³/mol. The molecule has 0 aromatic rings. The summed E-state index contributed by atoms with van der Waals surface area (Å²) in [5.41, 5.74) is 5.08. The van der Waals surface area contributed by atoms with Crippen LogP contribution < -0.4 is 5.73 Å². The van der Waals surface area contributed by atoms with Crippen molar-refractivity contribution in [3.63, 3.8) is 0 Å². The van der Waals surface area contributed by atoms with E-state index in [-0.39, 0.29) is 5.97 Å². The summed E-state index contributed by atoms with van der Waals surface area (Å²) < 4.78 is 10.6. The van der Waals surface area contributed by atoms with Gasteiger partial charge in [0, 0.05) is 19.8 Å². The third-order valence-corrected chi connectivity index (χ3v) is 3.51. The van der Waals surface area contributed by atoms with Gasteiger partial charge in [-0.25, -0.2) is 0 Å². The summed E-state index contributed by atoms with van der Waals surface area (Å²) >= 11 is 0. The zero-order chi connectivity index (χ0) is 12.0. The minimum atomic E-state index is -0.523. The Morgan fingerprint density at radius 3 is 2.62 bits per heavy atom. The Kier molecular flexibility index (Phi) is 5.22. The van der Waals surface area contributed by atoms with Gasteiger partial charge in [-0.2, -0.15) is 0 Å². The van der Waals surface area contributed by atoms with E-state index >= 15 is 0 Å². The van der Waals surface area contributed by atoms with Crippen molar-refractivity contribution in [2.45, 2.75) is 33.1 Å². The molecule has 94 valence electrons. The highest BCUT2D eigenvalue weighted by Crippen LogP contribution is 2.22. The molecule has 0 aliphatic carbocycles. The molecule has 1 atom stereocenters. The van der Waals surface area contributed by atoms with E-state index in [4.69, 9.17) is 15.2 Å². The molecule has 0 spiro atoms. The Hall–Kier alpha value is -0.610. The van der Waals surface area contributed by atoms with Gasteiger partial charge in [-0.1, -0.05) is 6.92 Å². The van der Waals surface area contributed by atoms with Crippen LogP contribution in [0.3, 0.4) is 0 Å². The highest BCUT2D eigenvalue weighted by atomic mass is 16.5. The molecule has 0 aromatic carbocycles. The lowest BCUT2D eigenvalue weighted by atomic mass is 9.88. The van der Waals surface area contributed by atoms with E-state index in [0.29, 0.717) is 19.1 Å². The van der Waals surface area contributed by atoms with E-state index in [9.17, 15) is 4.79 Å². The highest BCUT2D eigenvalue weighted by molar-refractivity contribution is 5.76. The van der Waals surface area contributed by atoms with Crippen LogP contribution in [0.5, 0.6) is 0 Å². The van der Waals surface area contributed by atoms with Crippen molar-refractivity contribution in [1.82, 2.24) is 0 Å². The lowest BCUT2D eigenvalue weighted by Gasteiger charge is -2.27. The average Bonchev–Trinajstić information content (AvgIpc) is 2.36. The number of ether oxygens (including phenoxy) is 2. The zero-order valence-corrected chi connectivity index (χ0v) is 10.3. The number of nitrogens with two attached hydrogens (primary N) is 1. The first-order chi connectivity index (χ1) is 7.62. The second-order valence-corrected chi connectivity index (χ2v) is 4.77. The van der Waals surface area contributed by atoms with E-state index in [1.165, 1.54) is 0 Å². The number of esters is 1. The first-order valence-electron chi connectivity index (χ1n) is 6.07. The summed E-state index contributed by atoms with van der Waals surface area (Å²) in [5.74, 6) is 0.292. The van der Waals surface area contributed by atoms with Crippen molar-refractivity contribution in [3.05, 3.63) is 0 Å². The molecule has 1 fully saturated rings. The molecular weight excluding hydrogens is 206 g/mol. The van der Waals surface area contributed by atoms with E-state index in [2.05, 4.69) is 0 Å². The van der Waals surface area contributed by atoms with Gasteiger partial charge in [0.05, 0.1) is 12.0 Å². The minimum absolute atomic E-state index is 0.163. The Labute approximate surface area is 97.5 Å². The van der Waals surface area contributed by atoms with Crippen molar-refractivity contribution < 1.29 is 14.3 Å². The van der Waals surface area contributed by atoms with Crippen molar-refractivity contribution in [2.24, 2.45) is 17.1 Å². The third-order valence-electron chi connectivity index (χ3n) is 3.51. The van der Waals surface area contributed by atoms with E-state index in [1.54, 1.807) is 0 Å². The van der Waals surface area contributed by atoms with Crippen LogP contribution in [-0.2, 0) is 14.3 Å². The van der Waals surface area contributed by atoms with Crippen molar-refractivity contribution in [2.75, 3.05) is 26.4 Å². The lowest BCUT2D eigenvalue weighted by molar-refractivity contribution is -0.157. The quantitative estimate of drug-likeness (QED) is 0.722. The SMILES string of the molecule is CCC(C)(CN)C(=O)OCC1CCOCC1. The summed E-state index contributed by atoms with van der Waals surface area (Å²) in [5, 5.41) is 0. The summed E-state index contributed by atoms with van der Waals surface area (Å²) in [6.45, 7) is 6.24. The molecule has 1 unspecified atom stereocenters. The molecule has 0 radical (unpaired) electrons. The standard InChI is InChI=1S/C12H23NO3/c1-3-12(2,9-13)11(14)16-8-10-4-6-15-7-5-10/h10H,3-9,13H2,1-2H3. The van der Waals surface area contributed by atoms with Gasteiger partial charge in [-0.15, -0.1) is 0 Å². The van der Waals surface area contributed by atoms with Gasteiger partial charge in [-0.3, -0.25) is 4.79 Å². The normalized spacial score (nSPS) is 21.4. The fourth-order valence-corrected chi connectivity index (χ4v) is 1.65. The van der Waals surface area contributed by atoms with Crippen LogP contribution in [0.4, 0.5) is 0 Å². The van der Waals surface area contributed by atoms with Crippen LogP contribution in [0, 0.1) is 11.3 Å². The maximum Gasteiger partial charge on any atom is 0.313 e. The molecule has 1 aliphatic rings. The second kappa shape index (κ2) is 6.21. The van der Waals surface area contributed by atoms with E-state index in [1.807, 2.05) is 13.8 Å².